The van der Waals surface area contributed by atoms with Gasteiger partial charge in [0.1, 0.15) is 5.75 Å². The van der Waals surface area contributed by atoms with E-state index in [1.54, 1.807) is 6.92 Å². The van der Waals surface area contributed by atoms with E-state index in [9.17, 15) is 9.90 Å². The normalized spacial score (nSPS) is 12.2. The van der Waals surface area contributed by atoms with Crippen molar-refractivity contribution in [2.45, 2.75) is 12.8 Å². The predicted octanol–water partition coefficient (Wildman–Crippen LogP) is 1.90. The van der Waals surface area contributed by atoms with Crippen LogP contribution in [-0.2, 0) is 9.53 Å². The first-order chi connectivity index (χ1) is 6.97. The summed E-state index contributed by atoms with van der Waals surface area (Å²) in [5.41, 5.74) is 6.03. The Morgan fingerprint density at radius 1 is 1.60 bits per heavy atom. The molecule has 0 spiro atoms. The first-order valence-electron chi connectivity index (χ1n) is 4.33. The molecule has 0 aliphatic carbocycles. The van der Waals surface area contributed by atoms with Crippen molar-refractivity contribution < 1.29 is 14.6 Å². The van der Waals surface area contributed by atoms with Crippen molar-refractivity contribution in [1.29, 1.82) is 0 Å². The average molecular weight is 230 g/mol. The van der Waals surface area contributed by atoms with Gasteiger partial charge < -0.3 is 15.6 Å². The highest BCUT2D eigenvalue weighted by atomic mass is 35.5. The SMILES string of the molecule is COC(=O)C(C)c1cc(Cl)cc(N)c1O. The van der Waals surface area contributed by atoms with E-state index >= 15 is 0 Å². The molecule has 0 saturated carbocycles. The van der Waals surface area contributed by atoms with E-state index in [-0.39, 0.29) is 11.4 Å². The van der Waals surface area contributed by atoms with Gasteiger partial charge in [-0.1, -0.05) is 11.6 Å². The Balaban J connectivity index is 3.19. The van der Waals surface area contributed by atoms with Crippen LogP contribution in [0, 0.1) is 0 Å². The fourth-order valence-corrected chi connectivity index (χ4v) is 1.51. The van der Waals surface area contributed by atoms with Gasteiger partial charge in [0.05, 0.1) is 18.7 Å². The lowest BCUT2D eigenvalue weighted by atomic mass is 9.99. The minimum atomic E-state index is -0.601. The molecule has 1 atom stereocenters. The van der Waals surface area contributed by atoms with Crippen molar-refractivity contribution in [3.05, 3.63) is 22.7 Å². The third-order valence-electron chi connectivity index (χ3n) is 2.15. The number of ether oxygens (including phenoxy) is 1. The van der Waals surface area contributed by atoms with Gasteiger partial charge >= 0.3 is 5.97 Å². The summed E-state index contributed by atoms with van der Waals surface area (Å²) in [6, 6.07) is 2.92. The number of anilines is 1. The number of hydrogen-bond acceptors (Lipinski definition) is 4. The second kappa shape index (κ2) is 4.40. The minimum absolute atomic E-state index is 0.127. The lowest BCUT2D eigenvalue weighted by Gasteiger charge is -2.13. The number of carbonyl (C=O) groups excluding carboxylic acids is 1. The third-order valence-corrected chi connectivity index (χ3v) is 2.37. The molecule has 0 aliphatic heterocycles. The number of methoxy groups -OCH3 is 1. The number of benzene rings is 1. The fraction of sp³-hybridized carbons (Fsp3) is 0.300. The topological polar surface area (TPSA) is 72.5 Å². The number of esters is 1. The molecule has 0 heterocycles. The molecule has 1 rings (SSSR count). The molecule has 1 aromatic rings. The lowest BCUT2D eigenvalue weighted by molar-refractivity contribution is -0.142. The number of phenols is 1. The molecule has 0 aromatic heterocycles. The van der Waals surface area contributed by atoms with E-state index in [4.69, 9.17) is 17.3 Å². The maximum absolute atomic E-state index is 11.3. The summed E-state index contributed by atoms with van der Waals surface area (Å²) in [5.74, 6) is -1.18. The summed E-state index contributed by atoms with van der Waals surface area (Å²) in [4.78, 5) is 11.3. The Labute approximate surface area is 92.6 Å². The maximum atomic E-state index is 11.3. The summed E-state index contributed by atoms with van der Waals surface area (Å²) in [6.07, 6.45) is 0. The monoisotopic (exact) mass is 229 g/mol. The summed E-state index contributed by atoms with van der Waals surface area (Å²) in [6.45, 7) is 1.61. The van der Waals surface area contributed by atoms with E-state index in [0.717, 1.165) is 0 Å². The Hall–Kier alpha value is -1.42. The van der Waals surface area contributed by atoms with Crippen molar-refractivity contribution in [3.8, 4) is 5.75 Å². The molecule has 0 amide bonds. The van der Waals surface area contributed by atoms with Gasteiger partial charge in [-0.25, -0.2) is 0 Å². The van der Waals surface area contributed by atoms with Crippen molar-refractivity contribution in [2.24, 2.45) is 0 Å². The number of nitrogens with two attached hydrogens (primary N) is 1. The molecule has 15 heavy (non-hydrogen) atoms. The summed E-state index contributed by atoms with van der Waals surface area (Å²) in [5, 5.41) is 10.0. The van der Waals surface area contributed by atoms with Crippen LogP contribution in [0.5, 0.6) is 5.75 Å². The second-order valence-electron chi connectivity index (χ2n) is 3.18. The van der Waals surface area contributed by atoms with Crippen LogP contribution < -0.4 is 5.73 Å². The van der Waals surface area contributed by atoms with Crippen LogP contribution in [-0.4, -0.2) is 18.2 Å². The number of phenolic OH excluding ortho intramolecular Hbond substituents is 1. The van der Waals surface area contributed by atoms with Gasteiger partial charge in [0, 0.05) is 10.6 Å². The van der Waals surface area contributed by atoms with Gasteiger partial charge in [-0.05, 0) is 19.1 Å². The molecule has 0 aliphatic rings. The molecule has 82 valence electrons. The number of rotatable bonds is 2. The Morgan fingerprint density at radius 3 is 2.73 bits per heavy atom. The molecule has 0 radical (unpaired) electrons. The highest BCUT2D eigenvalue weighted by Crippen LogP contribution is 2.34. The predicted molar refractivity (Wildman–Crippen MR) is 58.0 cm³/mol. The Morgan fingerprint density at radius 2 is 2.20 bits per heavy atom. The number of carbonyl (C=O) groups is 1. The van der Waals surface area contributed by atoms with E-state index in [1.165, 1.54) is 19.2 Å². The fourth-order valence-electron chi connectivity index (χ4n) is 1.28. The molecular weight excluding hydrogens is 218 g/mol. The van der Waals surface area contributed by atoms with Crippen LogP contribution in [0.15, 0.2) is 12.1 Å². The molecule has 1 aromatic carbocycles. The Bertz CT molecular complexity index is 392. The molecular formula is C10H12ClNO3. The molecule has 0 saturated heterocycles. The largest absolute Gasteiger partial charge is 0.505 e. The van der Waals surface area contributed by atoms with E-state index < -0.39 is 11.9 Å². The highest BCUT2D eigenvalue weighted by molar-refractivity contribution is 6.31. The summed E-state index contributed by atoms with van der Waals surface area (Å²) >= 11 is 5.77. The van der Waals surface area contributed by atoms with Gasteiger partial charge in [-0.15, -0.1) is 0 Å². The minimum Gasteiger partial charge on any atom is -0.505 e. The van der Waals surface area contributed by atoms with Gasteiger partial charge in [0.25, 0.3) is 0 Å². The van der Waals surface area contributed by atoms with E-state index in [2.05, 4.69) is 4.74 Å². The number of hydrogen-bond donors (Lipinski definition) is 2. The average Bonchev–Trinajstić information content (AvgIpc) is 2.21. The standard InChI is InChI=1S/C10H12ClNO3/c1-5(10(14)15-2)7-3-6(11)4-8(12)9(7)13/h3-5,13H,12H2,1-2H3. The van der Waals surface area contributed by atoms with Crippen LogP contribution in [0.4, 0.5) is 5.69 Å². The molecule has 5 heteroatoms. The highest BCUT2D eigenvalue weighted by Gasteiger charge is 2.20. The third kappa shape index (κ3) is 2.33. The van der Waals surface area contributed by atoms with Gasteiger partial charge in [-0.3, -0.25) is 4.79 Å². The quantitative estimate of drug-likeness (QED) is 0.462. The van der Waals surface area contributed by atoms with Crippen molar-refractivity contribution in [2.75, 3.05) is 12.8 Å². The van der Waals surface area contributed by atoms with E-state index in [1.807, 2.05) is 0 Å². The molecule has 4 nitrogen and oxygen atoms in total. The second-order valence-corrected chi connectivity index (χ2v) is 3.61. The first-order valence-corrected chi connectivity index (χ1v) is 4.71. The van der Waals surface area contributed by atoms with Crippen LogP contribution in [0.3, 0.4) is 0 Å². The van der Waals surface area contributed by atoms with Crippen LogP contribution in [0.25, 0.3) is 0 Å². The van der Waals surface area contributed by atoms with Crippen LogP contribution in [0.2, 0.25) is 5.02 Å². The van der Waals surface area contributed by atoms with Crippen molar-refractivity contribution in [3.63, 3.8) is 0 Å². The Kier molecular flexibility index (Phi) is 3.42. The molecule has 3 N–H and O–H groups in total. The zero-order valence-corrected chi connectivity index (χ0v) is 9.21. The number of halogens is 1. The first kappa shape index (κ1) is 11.7. The van der Waals surface area contributed by atoms with Crippen LogP contribution >= 0.6 is 11.6 Å². The van der Waals surface area contributed by atoms with Crippen molar-refractivity contribution >= 4 is 23.3 Å². The molecule has 0 bridgehead atoms. The van der Waals surface area contributed by atoms with Crippen molar-refractivity contribution in [1.82, 2.24) is 0 Å². The maximum Gasteiger partial charge on any atom is 0.312 e. The smallest absolute Gasteiger partial charge is 0.312 e. The van der Waals surface area contributed by atoms with Gasteiger partial charge in [-0.2, -0.15) is 0 Å². The summed E-state index contributed by atoms with van der Waals surface area (Å²) < 4.78 is 4.57. The van der Waals surface area contributed by atoms with E-state index in [0.29, 0.717) is 10.6 Å². The molecule has 1 unspecified atom stereocenters. The zero-order valence-electron chi connectivity index (χ0n) is 8.45. The summed E-state index contributed by atoms with van der Waals surface area (Å²) in [7, 11) is 1.28. The van der Waals surface area contributed by atoms with Crippen LogP contribution in [0.1, 0.15) is 18.4 Å². The van der Waals surface area contributed by atoms with Gasteiger partial charge in [0.15, 0.2) is 0 Å². The molecule has 0 fully saturated rings. The zero-order chi connectivity index (χ0) is 11.6. The number of nitrogen functional groups attached to an aromatic ring is 1. The van der Waals surface area contributed by atoms with Gasteiger partial charge in [0.2, 0.25) is 0 Å². The number of aromatic hydroxyl groups is 1. The lowest BCUT2D eigenvalue weighted by Crippen LogP contribution is -2.11.